The topological polar surface area (TPSA) is 90.0 Å². The molecule has 3 aromatic carbocycles. The maximum atomic E-state index is 13.5. The Morgan fingerprint density at radius 3 is 2.41 bits per heavy atom. The Morgan fingerprint density at radius 2 is 1.74 bits per heavy atom. The van der Waals surface area contributed by atoms with E-state index in [1.807, 2.05) is 11.0 Å². The summed E-state index contributed by atoms with van der Waals surface area (Å²) in [5.41, 5.74) is 2.25. The third kappa shape index (κ3) is 5.37. The Bertz CT molecular complexity index is 1310. The fourth-order valence-electron chi connectivity index (χ4n) is 4.16. The third-order valence-electron chi connectivity index (χ3n) is 5.87. The minimum Gasteiger partial charge on any atom is -0.478 e. The largest absolute Gasteiger partial charge is 0.478 e. The van der Waals surface area contributed by atoms with Gasteiger partial charge in [-0.3, -0.25) is 9.62 Å². The summed E-state index contributed by atoms with van der Waals surface area (Å²) >= 11 is 0. The summed E-state index contributed by atoms with van der Waals surface area (Å²) in [6.45, 7) is 4.91. The van der Waals surface area contributed by atoms with E-state index in [1.54, 1.807) is 43.3 Å². The lowest BCUT2D eigenvalue weighted by molar-refractivity contribution is 0.0697. The van der Waals surface area contributed by atoms with Crippen LogP contribution in [0.5, 0.6) is 0 Å². The first-order valence-electron chi connectivity index (χ1n) is 10.9. The van der Waals surface area contributed by atoms with Crippen molar-refractivity contribution < 1.29 is 22.7 Å². The van der Waals surface area contributed by atoms with Gasteiger partial charge in [-0.2, -0.15) is 0 Å². The quantitative estimate of drug-likeness (QED) is 0.529. The number of aromatic carboxylic acids is 1. The van der Waals surface area contributed by atoms with Crippen LogP contribution in [0.1, 0.15) is 21.5 Å². The van der Waals surface area contributed by atoms with E-state index < -0.39 is 16.0 Å². The molecule has 2 N–H and O–H groups in total. The second-order valence-electron chi connectivity index (χ2n) is 8.30. The van der Waals surface area contributed by atoms with Crippen molar-refractivity contribution >= 4 is 27.4 Å². The Hall–Kier alpha value is -3.43. The average molecular weight is 484 g/mol. The van der Waals surface area contributed by atoms with Crippen LogP contribution >= 0.6 is 0 Å². The molecule has 0 radical (unpaired) electrons. The second-order valence-corrected chi connectivity index (χ2v) is 9.95. The van der Waals surface area contributed by atoms with Crippen LogP contribution in [0.3, 0.4) is 0 Å². The molecule has 9 heteroatoms. The molecule has 0 amide bonds. The highest BCUT2D eigenvalue weighted by Gasteiger charge is 2.23. The fraction of sp³-hybridized carbons (Fsp3) is 0.240. The van der Waals surface area contributed by atoms with E-state index in [0.29, 0.717) is 44.0 Å². The Morgan fingerprint density at radius 1 is 1.00 bits per heavy atom. The standard InChI is InChI=1S/C25H26FN3O4S/c1-18-5-2-3-8-24(18)34(32,33)27-21-9-10-23(22(16-21)25(30)31)29-13-11-28(12-14-29)17-19-6-4-7-20(26)15-19/h2-10,15-16,27H,11-14,17H2,1H3,(H,30,31). The van der Waals surface area contributed by atoms with Gasteiger partial charge in [-0.25, -0.2) is 17.6 Å². The molecule has 7 nitrogen and oxygen atoms in total. The van der Waals surface area contributed by atoms with Crippen LogP contribution in [-0.2, 0) is 16.6 Å². The molecule has 0 aliphatic carbocycles. The van der Waals surface area contributed by atoms with E-state index in [9.17, 15) is 22.7 Å². The van der Waals surface area contributed by atoms with Crippen LogP contribution in [0.25, 0.3) is 0 Å². The number of carboxylic acid groups (broad SMARTS) is 1. The van der Waals surface area contributed by atoms with Gasteiger partial charge in [-0.05, 0) is 54.4 Å². The zero-order valence-corrected chi connectivity index (χ0v) is 19.6. The Kier molecular flexibility index (Phi) is 6.85. The van der Waals surface area contributed by atoms with Crippen LogP contribution in [-0.4, -0.2) is 50.6 Å². The van der Waals surface area contributed by atoms with Gasteiger partial charge in [-0.15, -0.1) is 0 Å². The van der Waals surface area contributed by atoms with Crippen molar-refractivity contribution in [3.8, 4) is 0 Å². The number of aryl methyl sites for hydroxylation is 1. The van der Waals surface area contributed by atoms with Gasteiger partial charge in [0.2, 0.25) is 0 Å². The summed E-state index contributed by atoms with van der Waals surface area (Å²) in [5, 5.41) is 9.80. The van der Waals surface area contributed by atoms with E-state index in [0.717, 1.165) is 5.56 Å². The number of anilines is 2. The maximum absolute atomic E-state index is 13.5. The monoisotopic (exact) mass is 483 g/mol. The summed E-state index contributed by atoms with van der Waals surface area (Å²) in [6.07, 6.45) is 0. The van der Waals surface area contributed by atoms with E-state index in [-0.39, 0.29) is 22.0 Å². The number of hydrogen-bond donors (Lipinski definition) is 2. The molecule has 0 bridgehead atoms. The molecular formula is C25H26FN3O4S. The van der Waals surface area contributed by atoms with Crippen LogP contribution in [0.2, 0.25) is 0 Å². The molecular weight excluding hydrogens is 457 g/mol. The molecule has 0 aromatic heterocycles. The number of benzene rings is 3. The number of rotatable bonds is 7. The SMILES string of the molecule is Cc1ccccc1S(=O)(=O)Nc1ccc(N2CCN(Cc3cccc(F)c3)CC2)c(C(=O)O)c1. The zero-order chi connectivity index (χ0) is 24.3. The summed E-state index contributed by atoms with van der Waals surface area (Å²) in [6, 6.07) is 17.7. The molecule has 0 atom stereocenters. The predicted molar refractivity (Wildman–Crippen MR) is 129 cm³/mol. The van der Waals surface area contributed by atoms with Gasteiger partial charge in [0.15, 0.2) is 0 Å². The number of carbonyl (C=O) groups is 1. The van der Waals surface area contributed by atoms with E-state index in [4.69, 9.17) is 0 Å². The number of piperazine rings is 1. The Balaban J connectivity index is 1.48. The molecule has 0 saturated carbocycles. The van der Waals surface area contributed by atoms with Crippen LogP contribution < -0.4 is 9.62 Å². The third-order valence-corrected chi connectivity index (χ3v) is 7.41. The first kappa shape index (κ1) is 23.7. The van der Waals surface area contributed by atoms with Crippen molar-refractivity contribution in [3.63, 3.8) is 0 Å². The molecule has 1 heterocycles. The minimum atomic E-state index is -3.85. The van der Waals surface area contributed by atoms with Gasteiger partial charge in [0.1, 0.15) is 5.82 Å². The minimum absolute atomic E-state index is 0.0311. The molecule has 1 fully saturated rings. The lowest BCUT2D eigenvalue weighted by atomic mass is 10.1. The van der Waals surface area contributed by atoms with Crippen LogP contribution in [0, 0.1) is 12.7 Å². The number of nitrogens with one attached hydrogen (secondary N) is 1. The lowest BCUT2D eigenvalue weighted by Gasteiger charge is -2.36. The first-order chi connectivity index (χ1) is 16.2. The molecule has 178 valence electrons. The van der Waals surface area contributed by atoms with Gasteiger partial charge in [0, 0.05) is 38.4 Å². The molecule has 3 aromatic rings. The normalized spacial score (nSPS) is 14.7. The highest BCUT2D eigenvalue weighted by Crippen LogP contribution is 2.28. The number of nitrogens with zero attached hydrogens (tertiary/aromatic N) is 2. The van der Waals surface area contributed by atoms with E-state index >= 15 is 0 Å². The lowest BCUT2D eigenvalue weighted by Crippen LogP contribution is -2.46. The highest BCUT2D eigenvalue weighted by molar-refractivity contribution is 7.92. The molecule has 1 saturated heterocycles. The number of hydrogen-bond acceptors (Lipinski definition) is 5. The maximum Gasteiger partial charge on any atom is 0.337 e. The van der Waals surface area contributed by atoms with Crippen molar-refractivity contribution in [3.05, 3.63) is 89.2 Å². The molecule has 1 aliphatic rings. The van der Waals surface area contributed by atoms with Crippen molar-refractivity contribution in [2.24, 2.45) is 0 Å². The summed E-state index contributed by atoms with van der Waals surface area (Å²) in [4.78, 5) is 16.3. The molecule has 4 rings (SSSR count). The molecule has 1 aliphatic heterocycles. The molecule has 34 heavy (non-hydrogen) atoms. The Labute approximate surface area is 198 Å². The van der Waals surface area contributed by atoms with Crippen molar-refractivity contribution in [1.29, 1.82) is 0 Å². The van der Waals surface area contributed by atoms with Crippen molar-refractivity contribution in [2.75, 3.05) is 35.8 Å². The van der Waals surface area contributed by atoms with Gasteiger partial charge >= 0.3 is 5.97 Å². The second kappa shape index (κ2) is 9.82. The van der Waals surface area contributed by atoms with Gasteiger partial charge in [0.05, 0.1) is 16.1 Å². The smallest absolute Gasteiger partial charge is 0.337 e. The van der Waals surface area contributed by atoms with Crippen molar-refractivity contribution in [1.82, 2.24) is 4.90 Å². The number of sulfonamides is 1. The van der Waals surface area contributed by atoms with Crippen LogP contribution in [0.4, 0.5) is 15.8 Å². The highest BCUT2D eigenvalue weighted by atomic mass is 32.2. The molecule has 0 unspecified atom stereocenters. The number of carboxylic acids is 1. The fourth-order valence-corrected chi connectivity index (χ4v) is 5.45. The summed E-state index contributed by atoms with van der Waals surface area (Å²) < 4.78 is 41.5. The van der Waals surface area contributed by atoms with E-state index in [2.05, 4.69) is 9.62 Å². The predicted octanol–water partition coefficient (Wildman–Crippen LogP) is 3.96. The molecule has 0 spiro atoms. The number of halogens is 1. The van der Waals surface area contributed by atoms with Gasteiger partial charge in [-0.1, -0.05) is 30.3 Å². The van der Waals surface area contributed by atoms with Crippen LogP contribution in [0.15, 0.2) is 71.6 Å². The average Bonchev–Trinajstić information content (AvgIpc) is 2.79. The van der Waals surface area contributed by atoms with Gasteiger partial charge in [0.25, 0.3) is 10.0 Å². The summed E-state index contributed by atoms with van der Waals surface area (Å²) in [5.74, 6) is -1.39. The van der Waals surface area contributed by atoms with Gasteiger partial charge < -0.3 is 10.0 Å². The summed E-state index contributed by atoms with van der Waals surface area (Å²) in [7, 11) is -3.85. The van der Waals surface area contributed by atoms with Crippen molar-refractivity contribution in [2.45, 2.75) is 18.4 Å². The van der Waals surface area contributed by atoms with E-state index in [1.165, 1.54) is 24.3 Å². The first-order valence-corrected chi connectivity index (χ1v) is 12.4. The zero-order valence-electron chi connectivity index (χ0n) is 18.7.